The van der Waals surface area contributed by atoms with Crippen molar-refractivity contribution in [3.63, 3.8) is 0 Å². The molecule has 2 aromatic rings. The summed E-state index contributed by atoms with van der Waals surface area (Å²) in [7, 11) is 2.00. The van der Waals surface area contributed by atoms with Crippen LogP contribution in [0.15, 0.2) is 35.7 Å². The fourth-order valence-electron chi connectivity index (χ4n) is 2.05. The van der Waals surface area contributed by atoms with Crippen LogP contribution in [0, 0.1) is 5.82 Å². The van der Waals surface area contributed by atoms with Crippen molar-refractivity contribution in [1.82, 2.24) is 5.32 Å². The van der Waals surface area contributed by atoms with Crippen molar-refractivity contribution >= 4 is 17.0 Å². The van der Waals surface area contributed by atoms with Crippen molar-refractivity contribution in [3.05, 3.63) is 52.0 Å². The van der Waals surface area contributed by atoms with Crippen LogP contribution in [0.25, 0.3) is 0 Å². The number of nitrogens with one attached hydrogen (secondary N) is 1. The first-order valence-corrected chi connectivity index (χ1v) is 7.32. The average molecular weight is 278 g/mol. The Morgan fingerprint density at radius 2 is 2.11 bits per heavy atom. The second-order valence-corrected chi connectivity index (χ2v) is 5.49. The number of hydrogen-bond donors (Lipinski definition) is 1. The highest BCUT2D eigenvalue weighted by atomic mass is 32.1. The van der Waals surface area contributed by atoms with E-state index in [2.05, 4.69) is 21.7 Å². The Morgan fingerprint density at radius 3 is 2.79 bits per heavy atom. The van der Waals surface area contributed by atoms with Crippen LogP contribution in [0.4, 0.5) is 10.1 Å². The van der Waals surface area contributed by atoms with Crippen LogP contribution >= 0.6 is 11.3 Å². The summed E-state index contributed by atoms with van der Waals surface area (Å²) in [6.45, 7) is 4.23. The van der Waals surface area contributed by atoms with E-state index in [9.17, 15) is 4.39 Å². The molecule has 19 heavy (non-hydrogen) atoms. The maximum Gasteiger partial charge on any atom is 0.129 e. The van der Waals surface area contributed by atoms with E-state index in [1.807, 2.05) is 26.1 Å². The predicted octanol–water partition coefficient (Wildman–Crippen LogP) is 3.63. The van der Waals surface area contributed by atoms with Gasteiger partial charge in [0.25, 0.3) is 0 Å². The third kappa shape index (κ3) is 3.55. The molecule has 0 aliphatic rings. The van der Waals surface area contributed by atoms with E-state index in [0.29, 0.717) is 6.54 Å². The van der Waals surface area contributed by atoms with E-state index in [4.69, 9.17) is 0 Å². The van der Waals surface area contributed by atoms with Gasteiger partial charge in [-0.25, -0.2) is 4.39 Å². The van der Waals surface area contributed by atoms with Crippen molar-refractivity contribution in [3.8, 4) is 0 Å². The number of anilines is 1. The summed E-state index contributed by atoms with van der Waals surface area (Å²) < 4.78 is 13.9. The maximum atomic E-state index is 13.9. The van der Waals surface area contributed by atoms with E-state index < -0.39 is 0 Å². The van der Waals surface area contributed by atoms with Gasteiger partial charge in [-0.3, -0.25) is 0 Å². The van der Waals surface area contributed by atoms with E-state index in [0.717, 1.165) is 24.3 Å². The summed E-state index contributed by atoms with van der Waals surface area (Å²) in [5.41, 5.74) is 1.69. The van der Waals surface area contributed by atoms with E-state index in [-0.39, 0.29) is 5.82 Å². The third-order valence-electron chi connectivity index (χ3n) is 3.03. The molecule has 102 valence electrons. The van der Waals surface area contributed by atoms with Gasteiger partial charge < -0.3 is 10.2 Å². The highest BCUT2D eigenvalue weighted by molar-refractivity contribution is 7.09. The van der Waals surface area contributed by atoms with E-state index in [1.165, 1.54) is 10.9 Å². The number of hydrogen-bond acceptors (Lipinski definition) is 3. The largest absolute Gasteiger partial charge is 0.369 e. The summed E-state index contributed by atoms with van der Waals surface area (Å²) in [5.74, 6) is -0.142. The molecular weight excluding hydrogens is 259 g/mol. The molecule has 0 radical (unpaired) electrons. The van der Waals surface area contributed by atoms with Crippen LogP contribution in [0.1, 0.15) is 17.4 Å². The highest BCUT2D eigenvalue weighted by Gasteiger charge is 2.12. The number of benzene rings is 1. The third-order valence-corrected chi connectivity index (χ3v) is 3.89. The zero-order valence-corrected chi connectivity index (χ0v) is 12.1. The zero-order valence-electron chi connectivity index (χ0n) is 11.3. The topological polar surface area (TPSA) is 15.3 Å². The summed E-state index contributed by atoms with van der Waals surface area (Å²) in [6, 6.07) is 9.41. The van der Waals surface area contributed by atoms with Crippen molar-refractivity contribution in [1.29, 1.82) is 0 Å². The van der Waals surface area contributed by atoms with Crippen molar-refractivity contribution < 1.29 is 4.39 Å². The van der Waals surface area contributed by atoms with Crippen LogP contribution in [-0.4, -0.2) is 13.6 Å². The standard InChI is InChI=1S/C15H19FN2S/c1-3-17-10-13-14(16)7-4-8-15(13)18(2)11-12-6-5-9-19-12/h4-9,17H,3,10-11H2,1-2H3. The summed E-state index contributed by atoms with van der Waals surface area (Å²) in [5, 5.41) is 5.26. The van der Waals surface area contributed by atoms with Gasteiger partial charge in [0, 0.05) is 29.7 Å². The molecule has 1 N–H and O–H groups in total. The smallest absolute Gasteiger partial charge is 0.129 e. The molecular formula is C15H19FN2S. The SMILES string of the molecule is CCNCc1c(F)cccc1N(C)Cc1cccs1. The van der Waals surface area contributed by atoms with E-state index >= 15 is 0 Å². The molecule has 0 aliphatic heterocycles. The van der Waals surface area contributed by atoms with Crippen LogP contribution < -0.4 is 10.2 Å². The van der Waals surface area contributed by atoms with Crippen molar-refractivity contribution in [2.24, 2.45) is 0 Å². The number of thiophene rings is 1. The zero-order chi connectivity index (χ0) is 13.7. The van der Waals surface area contributed by atoms with Gasteiger partial charge in [0.05, 0.1) is 6.54 Å². The van der Waals surface area contributed by atoms with Gasteiger partial charge in [-0.15, -0.1) is 11.3 Å². The molecule has 0 bridgehead atoms. The first-order valence-electron chi connectivity index (χ1n) is 6.44. The van der Waals surface area contributed by atoms with Gasteiger partial charge in [0.1, 0.15) is 5.82 Å². The van der Waals surface area contributed by atoms with Crippen molar-refractivity contribution in [2.45, 2.75) is 20.0 Å². The average Bonchev–Trinajstić information content (AvgIpc) is 2.90. The van der Waals surface area contributed by atoms with Crippen LogP contribution in [0.5, 0.6) is 0 Å². The first-order chi connectivity index (χ1) is 9.22. The monoisotopic (exact) mass is 278 g/mol. The Morgan fingerprint density at radius 1 is 1.26 bits per heavy atom. The lowest BCUT2D eigenvalue weighted by Crippen LogP contribution is -2.21. The molecule has 1 heterocycles. The van der Waals surface area contributed by atoms with Crippen molar-refractivity contribution in [2.75, 3.05) is 18.5 Å². The lowest BCUT2D eigenvalue weighted by atomic mass is 10.1. The fraction of sp³-hybridized carbons (Fsp3) is 0.333. The molecule has 0 aliphatic carbocycles. The summed E-state index contributed by atoms with van der Waals surface area (Å²) >= 11 is 1.72. The maximum absolute atomic E-state index is 13.9. The minimum Gasteiger partial charge on any atom is -0.369 e. The molecule has 0 fully saturated rings. The summed E-state index contributed by atoms with van der Waals surface area (Å²) in [4.78, 5) is 3.38. The van der Waals surface area contributed by atoms with E-state index in [1.54, 1.807) is 17.4 Å². The van der Waals surface area contributed by atoms with Gasteiger partial charge in [-0.2, -0.15) is 0 Å². The van der Waals surface area contributed by atoms with Gasteiger partial charge in [-0.05, 0) is 30.1 Å². The number of rotatable bonds is 6. The lowest BCUT2D eigenvalue weighted by Gasteiger charge is -2.22. The highest BCUT2D eigenvalue weighted by Crippen LogP contribution is 2.24. The van der Waals surface area contributed by atoms with Gasteiger partial charge >= 0.3 is 0 Å². The van der Waals surface area contributed by atoms with Gasteiger partial charge in [0.15, 0.2) is 0 Å². The first kappa shape index (κ1) is 14.0. The molecule has 2 nitrogen and oxygen atoms in total. The molecule has 0 spiro atoms. The Hall–Kier alpha value is -1.39. The number of halogens is 1. The Bertz CT molecular complexity index is 511. The minimum absolute atomic E-state index is 0.142. The molecule has 1 aromatic heterocycles. The minimum atomic E-state index is -0.142. The molecule has 0 unspecified atom stereocenters. The molecule has 0 saturated carbocycles. The number of nitrogens with zero attached hydrogens (tertiary/aromatic N) is 1. The Labute approximate surface area is 117 Å². The molecule has 1 aromatic carbocycles. The quantitative estimate of drug-likeness (QED) is 0.868. The van der Waals surface area contributed by atoms with Gasteiger partial charge in [0.2, 0.25) is 0 Å². The predicted molar refractivity (Wildman–Crippen MR) is 80.2 cm³/mol. The lowest BCUT2D eigenvalue weighted by molar-refractivity contribution is 0.592. The van der Waals surface area contributed by atoms with Crippen LogP contribution in [0.3, 0.4) is 0 Å². The van der Waals surface area contributed by atoms with Crippen LogP contribution in [0.2, 0.25) is 0 Å². The Kier molecular flexibility index (Phi) is 4.93. The normalized spacial score (nSPS) is 10.7. The van der Waals surface area contributed by atoms with Gasteiger partial charge in [-0.1, -0.05) is 19.1 Å². The molecule has 4 heteroatoms. The molecule has 0 saturated heterocycles. The molecule has 0 amide bonds. The Balaban J connectivity index is 2.20. The molecule has 2 rings (SSSR count). The second kappa shape index (κ2) is 6.68. The fourth-order valence-corrected chi connectivity index (χ4v) is 2.81. The molecule has 0 atom stereocenters. The summed E-state index contributed by atoms with van der Waals surface area (Å²) in [6.07, 6.45) is 0. The van der Waals surface area contributed by atoms with Crippen LogP contribution in [-0.2, 0) is 13.1 Å². The second-order valence-electron chi connectivity index (χ2n) is 4.45.